The number of aromatic carboxylic acids is 1. The van der Waals surface area contributed by atoms with Crippen LogP contribution in [0, 0.1) is 0 Å². The van der Waals surface area contributed by atoms with Gasteiger partial charge in [-0.3, -0.25) is 0 Å². The van der Waals surface area contributed by atoms with Gasteiger partial charge in [0.1, 0.15) is 5.75 Å². The quantitative estimate of drug-likeness (QED) is 0.480. The summed E-state index contributed by atoms with van der Waals surface area (Å²) in [6.07, 6.45) is 4.30. The molecule has 0 aliphatic heterocycles. The van der Waals surface area contributed by atoms with E-state index in [-0.39, 0.29) is 5.56 Å². The first kappa shape index (κ1) is 14.3. The highest BCUT2D eigenvalue weighted by Gasteiger charge is 2.02. The van der Waals surface area contributed by atoms with Gasteiger partial charge in [-0.05, 0) is 36.8 Å². The third kappa shape index (κ3) is 4.55. The molecule has 1 aromatic heterocycles. The average molecular weight is 290 g/mol. The van der Waals surface area contributed by atoms with Crippen LogP contribution in [0.25, 0.3) is 0 Å². The van der Waals surface area contributed by atoms with E-state index >= 15 is 0 Å². The Morgan fingerprint density at radius 1 is 1.20 bits per heavy atom. The molecule has 2 rings (SSSR count). The molecule has 0 spiro atoms. The first-order valence-corrected chi connectivity index (χ1v) is 7.10. The van der Waals surface area contributed by atoms with Gasteiger partial charge in [0.15, 0.2) is 5.16 Å². The molecule has 0 saturated heterocycles. The molecular formula is C14H14N2O3S. The van der Waals surface area contributed by atoms with Gasteiger partial charge in [-0.15, -0.1) is 0 Å². The summed E-state index contributed by atoms with van der Waals surface area (Å²) in [5, 5.41) is 9.54. The number of rotatable bonds is 7. The van der Waals surface area contributed by atoms with E-state index in [0.29, 0.717) is 12.4 Å². The molecule has 0 radical (unpaired) electrons. The third-order valence-electron chi connectivity index (χ3n) is 2.43. The third-order valence-corrected chi connectivity index (χ3v) is 3.39. The van der Waals surface area contributed by atoms with Crippen LogP contribution < -0.4 is 4.74 Å². The van der Waals surface area contributed by atoms with E-state index in [0.717, 1.165) is 17.3 Å². The number of hydrogen-bond donors (Lipinski definition) is 1. The summed E-state index contributed by atoms with van der Waals surface area (Å²) in [7, 11) is 0. The minimum atomic E-state index is -0.934. The fraction of sp³-hybridized carbons (Fsp3) is 0.214. The largest absolute Gasteiger partial charge is 0.494 e. The van der Waals surface area contributed by atoms with Crippen molar-refractivity contribution < 1.29 is 14.6 Å². The van der Waals surface area contributed by atoms with Gasteiger partial charge in [0.2, 0.25) is 0 Å². The zero-order valence-electron chi connectivity index (χ0n) is 10.7. The summed E-state index contributed by atoms with van der Waals surface area (Å²) in [6.45, 7) is 0.576. The molecule has 5 nitrogen and oxygen atoms in total. The standard InChI is InChI=1S/C14H14N2O3S/c17-13(18)11-3-5-12(6-4-11)19-9-2-10-20-14-15-7-1-8-16-14/h1,3-8H,2,9-10H2,(H,17,18). The molecule has 0 fully saturated rings. The maximum absolute atomic E-state index is 10.7. The molecule has 0 aliphatic rings. The van der Waals surface area contributed by atoms with Crippen LogP contribution in [0.1, 0.15) is 16.8 Å². The Kier molecular flexibility index (Phi) is 5.37. The molecule has 2 aromatic rings. The lowest BCUT2D eigenvalue weighted by molar-refractivity contribution is 0.0697. The van der Waals surface area contributed by atoms with E-state index in [9.17, 15) is 4.79 Å². The van der Waals surface area contributed by atoms with Crippen molar-refractivity contribution in [2.75, 3.05) is 12.4 Å². The molecule has 20 heavy (non-hydrogen) atoms. The van der Waals surface area contributed by atoms with Crippen LogP contribution in [0.3, 0.4) is 0 Å². The topological polar surface area (TPSA) is 72.3 Å². The van der Waals surface area contributed by atoms with Gasteiger partial charge < -0.3 is 9.84 Å². The monoisotopic (exact) mass is 290 g/mol. The van der Waals surface area contributed by atoms with Crippen molar-refractivity contribution in [2.45, 2.75) is 11.6 Å². The summed E-state index contributed by atoms with van der Waals surface area (Å²) in [4.78, 5) is 18.9. The Morgan fingerprint density at radius 2 is 1.90 bits per heavy atom. The summed E-state index contributed by atoms with van der Waals surface area (Å²) in [5.41, 5.74) is 0.258. The zero-order valence-corrected chi connectivity index (χ0v) is 11.5. The summed E-state index contributed by atoms with van der Waals surface area (Å²) in [5.74, 6) is 0.615. The average Bonchev–Trinajstić information content (AvgIpc) is 2.48. The van der Waals surface area contributed by atoms with Crippen LogP contribution in [0.5, 0.6) is 5.75 Å². The van der Waals surface area contributed by atoms with Gasteiger partial charge >= 0.3 is 5.97 Å². The van der Waals surface area contributed by atoms with Gasteiger partial charge in [0, 0.05) is 18.1 Å². The maximum Gasteiger partial charge on any atom is 0.335 e. The molecule has 1 N–H and O–H groups in total. The van der Waals surface area contributed by atoms with Gasteiger partial charge in [0.05, 0.1) is 12.2 Å². The van der Waals surface area contributed by atoms with Crippen molar-refractivity contribution in [2.24, 2.45) is 0 Å². The lowest BCUT2D eigenvalue weighted by Crippen LogP contribution is -2.00. The number of hydrogen-bond acceptors (Lipinski definition) is 5. The highest BCUT2D eigenvalue weighted by atomic mass is 32.2. The predicted molar refractivity (Wildman–Crippen MR) is 76.3 cm³/mol. The first-order valence-electron chi connectivity index (χ1n) is 6.11. The molecule has 104 valence electrons. The Balaban J connectivity index is 1.67. The van der Waals surface area contributed by atoms with E-state index in [1.54, 1.807) is 42.4 Å². The Morgan fingerprint density at radius 3 is 2.55 bits per heavy atom. The van der Waals surface area contributed by atoms with E-state index < -0.39 is 5.97 Å². The van der Waals surface area contributed by atoms with Crippen LogP contribution in [-0.4, -0.2) is 33.4 Å². The van der Waals surface area contributed by atoms with Crippen LogP contribution in [0.4, 0.5) is 0 Å². The van der Waals surface area contributed by atoms with Gasteiger partial charge in [-0.2, -0.15) is 0 Å². The smallest absolute Gasteiger partial charge is 0.335 e. The minimum Gasteiger partial charge on any atom is -0.494 e. The molecule has 0 unspecified atom stereocenters. The van der Waals surface area contributed by atoms with Crippen molar-refractivity contribution in [3.8, 4) is 5.75 Å². The number of benzene rings is 1. The molecular weight excluding hydrogens is 276 g/mol. The fourth-order valence-electron chi connectivity index (χ4n) is 1.47. The van der Waals surface area contributed by atoms with Crippen molar-refractivity contribution >= 4 is 17.7 Å². The van der Waals surface area contributed by atoms with Crippen molar-refractivity contribution in [3.63, 3.8) is 0 Å². The number of carboxylic acid groups (broad SMARTS) is 1. The molecule has 0 aliphatic carbocycles. The second-order valence-electron chi connectivity index (χ2n) is 3.91. The Bertz CT molecular complexity index is 546. The number of aromatic nitrogens is 2. The van der Waals surface area contributed by atoms with Crippen molar-refractivity contribution in [3.05, 3.63) is 48.3 Å². The summed E-state index contributed by atoms with van der Waals surface area (Å²) in [6, 6.07) is 8.18. The van der Waals surface area contributed by atoms with E-state index in [4.69, 9.17) is 9.84 Å². The van der Waals surface area contributed by atoms with Crippen LogP contribution in [-0.2, 0) is 0 Å². The molecule has 1 aromatic carbocycles. The van der Waals surface area contributed by atoms with Crippen LogP contribution in [0.15, 0.2) is 47.9 Å². The van der Waals surface area contributed by atoms with Crippen molar-refractivity contribution in [1.29, 1.82) is 0 Å². The minimum absolute atomic E-state index is 0.258. The van der Waals surface area contributed by atoms with Crippen LogP contribution in [0.2, 0.25) is 0 Å². The van der Waals surface area contributed by atoms with E-state index in [1.807, 2.05) is 0 Å². The number of carboxylic acids is 1. The normalized spacial score (nSPS) is 10.2. The van der Waals surface area contributed by atoms with Gasteiger partial charge in [0.25, 0.3) is 0 Å². The Hall–Kier alpha value is -2.08. The lowest BCUT2D eigenvalue weighted by Gasteiger charge is -2.05. The second-order valence-corrected chi connectivity index (χ2v) is 4.97. The van der Waals surface area contributed by atoms with Gasteiger partial charge in [-0.1, -0.05) is 11.8 Å². The van der Waals surface area contributed by atoms with Gasteiger partial charge in [-0.25, -0.2) is 14.8 Å². The fourth-order valence-corrected chi connectivity index (χ4v) is 2.18. The number of nitrogens with zero attached hydrogens (tertiary/aromatic N) is 2. The predicted octanol–water partition coefficient (Wildman–Crippen LogP) is 2.74. The first-order chi connectivity index (χ1) is 9.75. The van der Waals surface area contributed by atoms with Crippen LogP contribution >= 0.6 is 11.8 Å². The van der Waals surface area contributed by atoms with E-state index in [2.05, 4.69) is 9.97 Å². The summed E-state index contributed by atoms with van der Waals surface area (Å²) < 4.78 is 5.53. The molecule has 6 heteroatoms. The lowest BCUT2D eigenvalue weighted by atomic mass is 10.2. The highest BCUT2D eigenvalue weighted by Crippen LogP contribution is 2.15. The number of thioether (sulfide) groups is 1. The molecule has 0 saturated carbocycles. The SMILES string of the molecule is O=C(O)c1ccc(OCCCSc2ncccn2)cc1. The molecule has 0 bridgehead atoms. The number of ether oxygens (including phenoxy) is 1. The number of carbonyl (C=O) groups is 1. The Labute approximate surface area is 121 Å². The zero-order chi connectivity index (χ0) is 14.2. The van der Waals surface area contributed by atoms with Crippen molar-refractivity contribution in [1.82, 2.24) is 9.97 Å². The molecule has 0 amide bonds. The maximum atomic E-state index is 10.7. The molecule has 1 heterocycles. The summed E-state index contributed by atoms with van der Waals surface area (Å²) >= 11 is 1.58. The molecule has 0 atom stereocenters. The second kappa shape index (κ2) is 7.49. The highest BCUT2D eigenvalue weighted by molar-refractivity contribution is 7.99. The van der Waals surface area contributed by atoms with E-state index in [1.165, 1.54) is 12.1 Å².